The molecule has 0 spiro atoms. The Morgan fingerprint density at radius 1 is 1.00 bits per heavy atom. The Balaban J connectivity index is 1.37. The van der Waals surface area contributed by atoms with E-state index in [4.69, 9.17) is 4.74 Å². The minimum absolute atomic E-state index is 0.0304. The SMILES string of the molecule is CCCCN1C(=O)CCC(C(=O)NCCN2CCN(c3ccccc3)CC2)C1c1ccccc1OC. The number of methoxy groups -OCH3 is 1. The van der Waals surface area contributed by atoms with Crippen LogP contribution in [0.25, 0.3) is 0 Å². The standard InChI is InChI=1S/C29H40N4O3/c1-3-4-17-33-27(34)15-14-25(28(33)24-12-8-9-13-26(24)36-2)29(35)30-16-18-31-19-21-32(22-20-31)23-10-6-5-7-11-23/h5-13,25,28H,3-4,14-22H2,1-2H3,(H,30,35). The molecule has 1 N–H and O–H groups in total. The molecule has 4 rings (SSSR count). The number of hydrogen-bond acceptors (Lipinski definition) is 5. The van der Waals surface area contributed by atoms with Crippen LogP contribution in [0.5, 0.6) is 5.75 Å². The van der Waals surface area contributed by atoms with Crippen LogP contribution in [0.15, 0.2) is 54.6 Å². The predicted molar refractivity (Wildman–Crippen MR) is 143 cm³/mol. The van der Waals surface area contributed by atoms with E-state index in [1.807, 2.05) is 35.2 Å². The van der Waals surface area contributed by atoms with E-state index in [-0.39, 0.29) is 23.8 Å². The lowest BCUT2D eigenvalue weighted by Crippen LogP contribution is -2.51. The number of carbonyl (C=O) groups is 2. The molecule has 36 heavy (non-hydrogen) atoms. The molecule has 2 atom stereocenters. The molecule has 2 fully saturated rings. The molecule has 0 bridgehead atoms. The van der Waals surface area contributed by atoms with Crippen molar-refractivity contribution in [1.82, 2.24) is 15.1 Å². The molecule has 0 radical (unpaired) electrons. The number of hydrogen-bond donors (Lipinski definition) is 1. The van der Waals surface area contributed by atoms with Crippen molar-refractivity contribution in [3.63, 3.8) is 0 Å². The average molecular weight is 493 g/mol. The number of amides is 2. The van der Waals surface area contributed by atoms with Gasteiger partial charge in [0.1, 0.15) is 5.75 Å². The Morgan fingerprint density at radius 3 is 2.44 bits per heavy atom. The summed E-state index contributed by atoms with van der Waals surface area (Å²) in [6.07, 6.45) is 2.89. The van der Waals surface area contributed by atoms with E-state index in [0.29, 0.717) is 25.9 Å². The number of para-hydroxylation sites is 2. The maximum atomic E-state index is 13.5. The molecule has 2 aliphatic heterocycles. The molecule has 2 aliphatic rings. The third-order valence-electron chi connectivity index (χ3n) is 7.47. The van der Waals surface area contributed by atoms with Gasteiger partial charge in [-0.1, -0.05) is 49.7 Å². The molecular formula is C29H40N4O3. The Labute approximate surface area is 215 Å². The lowest BCUT2D eigenvalue weighted by molar-refractivity contribution is -0.143. The van der Waals surface area contributed by atoms with Gasteiger partial charge >= 0.3 is 0 Å². The predicted octanol–water partition coefficient (Wildman–Crippen LogP) is 3.71. The van der Waals surface area contributed by atoms with Crippen molar-refractivity contribution in [1.29, 1.82) is 0 Å². The second-order valence-electron chi connectivity index (χ2n) is 9.73. The largest absolute Gasteiger partial charge is 0.496 e. The van der Waals surface area contributed by atoms with E-state index < -0.39 is 0 Å². The van der Waals surface area contributed by atoms with E-state index in [1.54, 1.807) is 7.11 Å². The zero-order chi connectivity index (χ0) is 25.3. The summed E-state index contributed by atoms with van der Waals surface area (Å²) < 4.78 is 5.64. The van der Waals surface area contributed by atoms with Crippen LogP contribution in [0.3, 0.4) is 0 Å². The number of piperazine rings is 1. The third-order valence-corrected chi connectivity index (χ3v) is 7.47. The number of ether oxygens (including phenoxy) is 1. The van der Waals surface area contributed by atoms with Gasteiger partial charge < -0.3 is 19.9 Å². The highest BCUT2D eigenvalue weighted by molar-refractivity contribution is 5.85. The fourth-order valence-electron chi connectivity index (χ4n) is 5.45. The van der Waals surface area contributed by atoms with E-state index in [1.165, 1.54) is 5.69 Å². The first-order chi connectivity index (χ1) is 17.6. The van der Waals surface area contributed by atoms with Gasteiger partial charge in [0.05, 0.1) is 19.1 Å². The van der Waals surface area contributed by atoms with Crippen molar-refractivity contribution in [2.24, 2.45) is 5.92 Å². The molecule has 2 unspecified atom stereocenters. The second kappa shape index (κ2) is 12.8. The molecule has 2 heterocycles. The van der Waals surface area contributed by atoms with Gasteiger partial charge in [0.2, 0.25) is 11.8 Å². The van der Waals surface area contributed by atoms with E-state index in [2.05, 4.69) is 46.3 Å². The van der Waals surface area contributed by atoms with Crippen molar-refractivity contribution in [3.8, 4) is 5.75 Å². The first-order valence-electron chi connectivity index (χ1n) is 13.3. The number of likely N-dealkylation sites (tertiary alicyclic amines) is 1. The maximum Gasteiger partial charge on any atom is 0.225 e. The first-order valence-corrected chi connectivity index (χ1v) is 13.3. The summed E-state index contributed by atoms with van der Waals surface area (Å²) in [6.45, 7) is 8.18. The molecule has 7 heteroatoms. The number of benzene rings is 2. The summed E-state index contributed by atoms with van der Waals surface area (Å²) in [7, 11) is 1.65. The van der Waals surface area contributed by atoms with Gasteiger partial charge in [-0.2, -0.15) is 0 Å². The van der Waals surface area contributed by atoms with Crippen LogP contribution >= 0.6 is 0 Å². The molecule has 2 saturated heterocycles. The summed E-state index contributed by atoms with van der Waals surface area (Å²) >= 11 is 0. The minimum Gasteiger partial charge on any atom is -0.496 e. The highest BCUT2D eigenvalue weighted by Crippen LogP contribution is 2.40. The molecule has 2 amide bonds. The lowest BCUT2D eigenvalue weighted by atomic mass is 9.83. The normalized spacial score (nSPS) is 20.9. The summed E-state index contributed by atoms with van der Waals surface area (Å²) in [5, 5.41) is 3.20. The molecular weight excluding hydrogens is 452 g/mol. The number of nitrogens with one attached hydrogen (secondary N) is 1. The molecule has 0 aromatic heterocycles. The van der Waals surface area contributed by atoms with Gasteiger partial charge in [-0.15, -0.1) is 0 Å². The Bertz CT molecular complexity index is 991. The van der Waals surface area contributed by atoms with Gasteiger partial charge in [0, 0.05) is 63.5 Å². The van der Waals surface area contributed by atoms with Crippen LogP contribution < -0.4 is 15.0 Å². The average Bonchev–Trinajstić information content (AvgIpc) is 2.93. The minimum atomic E-state index is -0.302. The Hall–Kier alpha value is -3.06. The lowest BCUT2D eigenvalue weighted by Gasteiger charge is -2.41. The van der Waals surface area contributed by atoms with Crippen molar-refractivity contribution in [3.05, 3.63) is 60.2 Å². The monoisotopic (exact) mass is 492 g/mol. The number of nitrogens with zero attached hydrogens (tertiary/aromatic N) is 3. The highest BCUT2D eigenvalue weighted by atomic mass is 16.5. The van der Waals surface area contributed by atoms with Crippen LogP contribution in [0.4, 0.5) is 5.69 Å². The fourth-order valence-corrected chi connectivity index (χ4v) is 5.45. The van der Waals surface area contributed by atoms with Crippen LogP contribution in [0.1, 0.15) is 44.2 Å². The number of unbranched alkanes of at least 4 members (excludes halogenated alkanes) is 1. The van der Waals surface area contributed by atoms with Gasteiger partial charge in [0.15, 0.2) is 0 Å². The van der Waals surface area contributed by atoms with Crippen molar-refractivity contribution < 1.29 is 14.3 Å². The molecule has 2 aromatic rings. The van der Waals surface area contributed by atoms with Gasteiger partial charge in [-0.25, -0.2) is 0 Å². The van der Waals surface area contributed by atoms with E-state index in [0.717, 1.165) is 56.9 Å². The molecule has 0 aliphatic carbocycles. The topological polar surface area (TPSA) is 65.1 Å². The summed E-state index contributed by atoms with van der Waals surface area (Å²) in [5.41, 5.74) is 2.19. The molecule has 0 saturated carbocycles. The smallest absolute Gasteiger partial charge is 0.225 e. The Kier molecular flexibility index (Phi) is 9.23. The summed E-state index contributed by atoms with van der Waals surface area (Å²) in [5.74, 6) is 0.598. The molecule has 194 valence electrons. The van der Waals surface area contributed by atoms with Crippen molar-refractivity contribution in [2.45, 2.75) is 38.6 Å². The van der Waals surface area contributed by atoms with Gasteiger partial charge in [-0.05, 0) is 31.0 Å². The number of rotatable bonds is 10. The molecule has 2 aromatic carbocycles. The van der Waals surface area contributed by atoms with Crippen LogP contribution in [-0.4, -0.2) is 74.5 Å². The van der Waals surface area contributed by atoms with Crippen molar-refractivity contribution in [2.75, 3.05) is 57.8 Å². The second-order valence-corrected chi connectivity index (χ2v) is 9.73. The van der Waals surface area contributed by atoms with Gasteiger partial charge in [-0.3, -0.25) is 14.5 Å². The zero-order valence-electron chi connectivity index (χ0n) is 21.7. The van der Waals surface area contributed by atoms with E-state index in [9.17, 15) is 9.59 Å². The van der Waals surface area contributed by atoms with Crippen LogP contribution in [0, 0.1) is 5.92 Å². The van der Waals surface area contributed by atoms with Crippen LogP contribution in [-0.2, 0) is 9.59 Å². The van der Waals surface area contributed by atoms with Crippen molar-refractivity contribution >= 4 is 17.5 Å². The summed E-state index contributed by atoms with van der Waals surface area (Å²) in [6, 6.07) is 18.0. The number of piperidine rings is 1. The number of anilines is 1. The van der Waals surface area contributed by atoms with E-state index >= 15 is 0 Å². The molecule has 7 nitrogen and oxygen atoms in total. The first kappa shape index (κ1) is 26.0. The Morgan fingerprint density at radius 2 is 1.72 bits per heavy atom. The van der Waals surface area contributed by atoms with Crippen LogP contribution in [0.2, 0.25) is 0 Å². The zero-order valence-corrected chi connectivity index (χ0v) is 21.7. The third kappa shape index (κ3) is 6.19. The maximum absolute atomic E-state index is 13.5. The quantitative estimate of drug-likeness (QED) is 0.548. The summed E-state index contributed by atoms with van der Waals surface area (Å²) in [4.78, 5) is 33.2. The fraction of sp³-hybridized carbons (Fsp3) is 0.517. The highest BCUT2D eigenvalue weighted by Gasteiger charge is 2.41. The number of carbonyl (C=O) groups excluding carboxylic acids is 2. The van der Waals surface area contributed by atoms with Gasteiger partial charge in [0.25, 0.3) is 0 Å².